The Hall–Kier alpha value is -2.44. The molecule has 1 saturated heterocycles. The number of hydrogen-bond donors (Lipinski definition) is 2. The van der Waals surface area contributed by atoms with Crippen molar-refractivity contribution in [3.05, 3.63) is 23.9 Å². The van der Waals surface area contributed by atoms with Crippen molar-refractivity contribution in [2.75, 3.05) is 18.4 Å². The van der Waals surface area contributed by atoms with Crippen LogP contribution in [0.3, 0.4) is 0 Å². The molecule has 0 aromatic carbocycles. The summed E-state index contributed by atoms with van der Waals surface area (Å²) in [5.41, 5.74) is 0.359. The van der Waals surface area contributed by atoms with E-state index in [1.165, 1.54) is 11.1 Å². The molecule has 1 unspecified atom stereocenters. The van der Waals surface area contributed by atoms with Crippen LogP contribution in [0, 0.1) is 0 Å². The van der Waals surface area contributed by atoms with Gasteiger partial charge in [0.1, 0.15) is 18.4 Å². The van der Waals surface area contributed by atoms with Crippen molar-refractivity contribution in [3.8, 4) is 0 Å². The maximum absolute atomic E-state index is 12.5. The first-order chi connectivity index (χ1) is 10.1. The molecule has 0 spiro atoms. The normalized spacial score (nSPS) is 18.4. The van der Waals surface area contributed by atoms with E-state index in [9.17, 15) is 14.4 Å². The molecule has 2 heterocycles. The van der Waals surface area contributed by atoms with Crippen LogP contribution in [0.15, 0.2) is 18.3 Å². The Bertz CT molecular complexity index is 556. The Morgan fingerprint density at radius 3 is 2.76 bits per heavy atom. The van der Waals surface area contributed by atoms with Crippen LogP contribution >= 0.6 is 0 Å². The number of carbonyl (C=O) groups excluding carboxylic acids is 3. The fourth-order valence-corrected chi connectivity index (χ4v) is 2.26. The SMILES string of the molecule is CCNc1ccc(C(=O)N2CC(=O)NC(=O)C2CC)cn1. The lowest BCUT2D eigenvalue weighted by atomic mass is 10.1. The Labute approximate surface area is 122 Å². The minimum Gasteiger partial charge on any atom is -0.370 e. The zero-order chi connectivity index (χ0) is 15.4. The summed E-state index contributed by atoms with van der Waals surface area (Å²) in [6, 6.07) is 2.71. The second-order valence-electron chi connectivity index (χ2n) is 4.73. The van der Waals surface area contributed by atoms with Crippen molar-refractivity contribution >= 4 is 23.5 Å². The molecule has 0 saturated carbocycles. The molecule has 1 aromatic rings. The molecule has 2 rings (SSSR count). The summed E-state index contributed by atoms with van der Waals surface area (Å²) < 4.78 is 0. The maximum Gasteiger partial charge on any atom is 0.256 e. The van der Waals surface area contributed by atoms with Crippen LogP contribution in [-0.4, -0.2) is 46.7 Å². The Morgan fingerprint density at radius 2 is 2.19 bits per heavy atom. The van der Waals surface area contributed by atoms with Gasteiger partial charge in [-0.1, -0.05) is 6.92 Å². The second-order valence-corrected chi connectivity index (χ2v) is 4.73. The number of aromatic nitrogens is 1. The molecule has 1 fully saturated rings. The van der Waals surface area contributed by atoms with Crippen LogP contribution in [-0.2, 0) is 9.59 Å². The fourth-order valence-electron chi connectivity index (χ4n) is 2.26. The van der Waals surface area contributed by atoms with Gasteiger partial charge < -0.3 is 10.2 Å². The van der Waals surface area contributed by atoms with Gasteiger partial charge in [0.2, 0.25) is 11.8 Å². The van der Waals surface area contributed by atoms with Crippen LogP contribution in [0.2, 0.25) is 0 Å². The monoisotopic (exact) mass is 290 g/mol. The van der Waals surface area contributed by atoms with E-state index >= 15 is 0 Å². The van der Waals surface area contributed by atoms with Crippen molar-refractivity contribution < 1.29 is 14.4 Å². The molecule has 112 valence electrons. The van der Waals surface area contributed by atoms with Gasteiger partial charge >= 0.3 is 0 Å². The number of anilines is 1. The van der Waals surface area contributed by atoms with Gasteiger partial charge in [-0.2, -0.15) is 0 Å². The number of imide groups is 1. The smallest absolute Gasteiger partial charge is 0.256 e. The highest BCUT2D eigenvalue weighted by molar-refractivity contribution is 6.07. The zero-order valence-electron chi connectivity index (χ0n) is 12.0. The van der Waals surface area contributed by atoms with E-state index in [1.54, 1.807) is 19.1 Å². The average molecular weight is 290 g/mol. The molecule has 21 heavy (non-hydrogen) atoms. The summed E-state index contributed by atoms with van der Waals surface area (Å²) in [6.45, 7) is 4.37. The third kappa shape index (κ3) is 3.18. The number of nitrogens with one attached hydrogen (secondary N) is 2. The lowest BCUT2D eigenvalue weighted by Crippen LogP contribution is -2.59. The first-order valence-corrected chi connectivity index (χ1v) is 6.91. The van der Waals surface area contributed by atoms with Gasteiger partial charge in [-0.3, -0.25) is 19.7 Å². The van der Waals surface area contributed by atoms with E-state index in [-0.39, 0.29) is 12.5 Å². The second kappa shape index (κ2) is 6.34. The Kier molecular flexibility index (Phi) is 4.52. The highest BCUT2D eigenvalue weighted by Gasteiger charge is 2.35. The highest BCUT2D eigenvalue weighted by Crippen LogP contribution is 2.14. The molecule has 7 nitrogen and oxygen atoms in total. The molecule has 1 atom stereocenters. The largest absolute Gasteiger partial charge is 0.370 e. The highest BCUT2D eigenvalue weighted by atomic mass is 16.2. The van der Waals surface area contributed by atoms with E-state index in [0.717, 1.165) is 6.54 Å². The zero-order valence-corrected chi connectivity index (χ0v) is 12.0. The van der Waals surface area contributed by atoms with E-state index in [2.05, 4.69) is 15.6 Å². The van der Waals surface area contributed by atoms with E-state index in [0.29, 0.717) is 17.8 Å². The van der Waals surface area contributed by atoms with Crippen molar-refractivity contribution in [2.45, 2.75) is 26.3 Å². The molecule has 0 radical (unpaired) electrons. The molecular formula is C14H18N4O3. The van der Waals surface area contributed by atoms with Gasteiger partial charge in [-0.05, 0) is 25.5 Å². The molecular weight excluding hydrogens is 272 g/mol. The number of carbonyl (C=O) groups is 3. The lowest BCUT2D eigenvalue weighted by Gasteiger charge is -2.33. The molecule has 0 bridgehead atoms. The predicted molar refractivity (Wildman–Crippen MR) is 76.7 cm³/mol. The van der Waals surface area contributed by atoms with Crippen LogP contribution in [0.4, 0.5) is 5.82 Å². The lowest BCUT2D eigenvalue weighted by molar-refractivity contribution is -0.138. The Balaban J connectivity index is 2.20. The molecule has 1 aromatic heterocycles. The van der Waals surface area contributed by atoms with Crippen LogP contribution in [0.25, 0.3) is 0 Å². The van der Waals surface area contributed by atoms with Crippen LogP contribution in [0.1, 0.15) is 30.6 Å². The van der Waals surface area contributed by atoms with Gasteiger partial charge in [0, 0.05) is 12.7 Å². The third-order valence-corrected chi connectivity index (χ3v) is 3.27. The number of rotatable bonds is 4. The number of nitrogens with zero attached hydrogens (tertiary/aromatic N) is 2. The van der Waals surface area contributed by atoms with E-state index in [4.69, 9.17) is 0 Å². The first-order valence-electron chi connectivity index (χ1n) is 6.91. The van der Waals surface area contributed by atoms with E-state index < -0.39 is 17.9 Å². The molecule has 7 heteroatoms. The minimum absolute atomic E-state index is 0.113. The maximum atomic E-state index is 12.5. The summed E-state index contributed by atoms with van der Waals surface area (Å²) >= 11 is 0. The summed E-state index contributed by atoms with van der Waals surface area (Å²) in [7, 11) is 0. The molecule has 2 N–H and O–H groups in total. The average Bonchev–Trinajstić information content (AvgIpc) is 2.47. The van der Waals surface area contributed by atoms with Gasteiger partial charge in [-0.15, -0.1) is 0 Å². The van der Waals surface area contributed by atoms with Crippen molar-refractivity contribution in [1.29, 1.82) is 0 Å². The number of piperazine rings is 1. The van der Waals surface area contributed by atoms with Crippen LogP contribution in [0.5, 0.6) is 0 Å². The van der Waals surface area contributed by atoms with Crippen molar-refractivity contribution in [1.82, 2.24) is 15.2 Å². The van der Waals surface area contributed by atoms with Crippen LogP contribution < -0.4 is 10.6 Å². The number of pyridine rings is 1. The summed E-state index contributed by atoms with van der Waals surface area (Å²) in [4.78, 5) is 41.1. The summed E-state index contributed by atoms with van der Waals surface area (Å²) in [5.74, 6) is -0.580. The third-order valence-electron chi connectivity index (χ3n) is 3.27. The number of hydrogen-bond acceptors (Lipinski definition) is 5. The van der Waals surface area contributed by atoms with E-state index in [1.807, 2.05) is 6.92 Å². The van der Waals surface area contributed by atoms with Gasteiger partial charge in [0.05, 0.1) is 5.56 Å². The van der Waals surface area contributed by atoms with Gasteiger partial charge in [0.15, 0.2) is 0 Å². The summed E-state index contributed by atoms with van der Waals surface area (Å²) in [5, 5.41) is 5.28. The molecule has 0 aliphatic carbocycles. The molecule has 1 aliphatic heterocycles. The van der Waals surface area contributed by atoms with Crippen molar-refractivity contribution in [2.24, 2.45) is 0 Å². The summed E-state index contributed by atoms with van der Waals surface area (Å²) in [6.07, 6.45) is 1.90. The number of amides is 3. The Morgan fingerprint density at radius 1 is 1.43 bits per heavy atom. The van der Waals surface area contributed by atoms with Gasteiger partial charge in [-0.25, -0.2) is 4.98 Å². The predicted octanol–water partition coefficient (Wildman–Crippen LogP) is 0.391. The minimum atomic E-state index is -0.622. The van der Waals surface area contributed by atoms with Crippen molar-refractivity contribution in [3.63, 3.8) is 0 Å². The molecule has 3 amide bonds. The van der Waals surface area contributed by atoms with Gasteiger partial charge in [0.25, 0.3) is 5.91 Å². The fraction of sp³-hybridized carbons (Fsp3) is 0.429. The standard InChI is InChI=1S/C14H18N4O3/c1-3-10-13(20)17-12(19)8-18(10)14(21)9-5-6-11(15-4-2)16-7-9/h5-7,10H,3-4,8H2,1-2H3,(H,15,16)(H,17,19,20). The quantitative estimate of drug-likeness (QED) is 0.783. The topological polar surface area (TPSA) is 91.4 Å². The molecule has 1 aliphatic rings. The first kappa shape index (κ1) is 15.0.